The minimum absolute atomic E-state index is 0.330. The Bertz CT molecular complexity index is 726. The van der Waals surface area contributed by atoms with Gasteiger partial charge in [-0.15, -0.1) is 0 Å². The van der Waals surface area contributed by atoms with Crippen molar-refractivity contribution < 1.29 is 52.0 Å². The fourth-order valence-corrected chi connectivity index (χ4v) is 5.81. The maximum atomic E-state index is 13.8. The summed E-state index contributed by atoms with van der Waals surface area (Å²) in [5, 5.41) is 8.38. The Morgan fingerprint density at radius 3 is 2.63 bits per heavy atom. The monoisotopic (exact) mass is 451 g/mol. The molecule has 1 heterocycles. The van der Waals surface area contributed by atoms with Crippen molar-refractivity contribution in [1.82, 2.24) is 0 Å². The number of hydrogen-bond donors (Lipinski definition) is 0. The Kier molecular flexibility index (Phi) is 5.71. The van der Waals surface area contributed by atoms with Crippen LogP contribution in [0, 0.1) is 23.7 Å². The Balaban J connectivity index is 1.51. The average Bonchev–Trinajstić information content (AvgIpc) is 3.44. The Hall–Kier alpha value is -1.50. The molecule has 4 rings (SSSR count). The summed E-state index contributed by atoms with van der Waals surface area (Å²) < 4.78 is 47.2. The van der Waals surface area contributed by atoms with Gasteiger partial charge in [0, 0.05) is 11.8 Å². The Labute approximate surface area is 174 Å². The number of alkyl halides is 2. The van der Waals surface area contributed by atoms with E-state index in [4.69, 9.17) is 14.2 Å². The van der Waals surface area contributed by atoms with Crippen LogP contribution in [-0.2, 0) is 38.0 Å². The molecule has 0 N–H and O–H groups in total. The zero-order valence-electron chi connectivity index (χ0n) is 16.0. The van der Waals surface area contributed by atoms with Crippen molar-refractivity contribution in [2.45, 2.75) is 68.5 Å². The van der Waals surface area contributed by atoms with E-state index in [2.05, 4.69) is 9.37 Å². The van der Waals surface area contributed by atoms with Crippen LogP contribution in [0.2, 0.25) is 0 Å². The second-order valence-electron chi connectivity index (χ2n) is 8.29. The van der Waals surface area contributed by atoms with Crippen molar-refractivity contribution in [3.8, 4) is 0 Å². The first-order valence-electron chi connectivity index (χ1n) is 9.89. The van der Waals surface area contributed by atoms with Gasteiger partial charge in [-0.3, -0.25) is 14.6 Å². The third kappa shape index (κ3) is 3.47. The lowest BCUT2D eigenvalue weighted by Gasteiger charge is -2.34. The third-order valence-corrected chi connectivity index (χ3v) is 7.44. The molecule has 0 radical (unpaired) electrons. The minimum atomic E-state index is -4.22. The third-order valence-electron chi connectivity index (χ3n) is 6.94. The second kappa shape index (κ2) is 7.88. The van der Waals surface area contributed by atoms with Crippen molar-refractivity contribution in [1.29, 1.82) is 0 Å². The molecule has 9 nitrogen and oxygen atoms in total. The Morgan fingerprint density at radius 2 is 2.00 bits per heavy atom. The van der Waals surface area contributed by atoms with E-state index in [0.717, 1.165) is 25.7 Å². The number of halogens is 2. The summed E-state index contributed by atoms with van der Waals surface area (Å²) in [7, 11) is 0. The molecule has 30 heavy (non-hydrogen) atoms. The number of carbonyl (C=O) groups is 3. The van der Waals surface area contributed by atoms with Gasteiger partial charge in [0.05, 0.1) is 11.8 Å². The first-order valence-corrected chi connectivity index (χ1v) is 10.6. The van der Waals surface area contributed by atoms with Gasteiger partial charge in [-0.05, 0) is 38.5 Å². The topological polar surface area (TPSA) is 120 Å². The summed E-state index contributed by atoms with van der Waals surface area (Å²) in [5.74, 6) is -5.85. The maximum Gasteiger partial charge on any atom is 0.415 e. The number of carbonyl (C=O) groups excluding carboxylic acids is 3. The molecular weight excluding hydrogens is 430 g/mol. The normalized spacial score (nSPS) is 36.1. The summed E-state index contributed by atoms with van der Waals surface area (Å²) >= 11 is -0.801. The SMILES string of the molecule is CCC1(OC(=O)C2C3CC4C(OC(=O)C42)C3OC(=O)C(F)(F)SOO[O-])CCCC1. The molecular formula is C18H21F2O9S-. The van der Waals surface area contributed by atoms with Gasteiger partial charge < -0.3 is 19.5 Å². The van der Waals surface area contributed by atoms with Crippen LogP contribution in [-0.4, -0.2) is 41.0 Å². The highest BCUT2D eigenvalue weighted by Crippen LogP contribution is 2.59. The van der Waals surface area contributed by atoms with E-state index in [9.17, 15) is 28.4 Å². The molecule has 0 spiro atoms. The van der Waals surface area contributed by atoms with E-state index in [1.165, 1.54) is 0 Å². The summed E-state index contributed by atoms with van der Waals surface area (Å²) in [5.41, 5.74) is -0.577. The van der Waals surface area contributed by atoms with E-state index >= 15 is 0 Å². The fourth-order valence-electron chi connectivity index (χ4n) is 5.58. The molecule has 0 aromatic rings. The van der Waals surface area contributed by atoms with E-state index in [-0.39, 0.29) is 0 Å². The quantitative estimate of drug-likeness (QED) is 0.176. The first kappa shape index (κ1) is 21.7. The van der Waals surface area contributed by atoms with Crippen LogP contribution in [0.5, 0.6) is 0 Å². The molecule has 4 fully saturated rings. The van der Waals surface area contributed by atoms with Gasteiger partial charge in [-0.2, -0.15) is 13.1 Å². The van der Waals surface area contributed by atoms with E-state index in [0.29, 0.717) is 12.8 Å². The van der Waals surface area contributed by atoms with Crippen molar-refractivity contribution in [3.05, 3.63) is 0 Å². The number of rotatable bonds is 8. The van der Waals surface area contributed by atoms with Crippen LogP contribution in [0.25, 0.3) is 0 Å². The lowest BCUT2D eigenvalue weighted by atomic mass is 9.78. The van der Waals surface area contributed by atoms with Crippen LogP contribution in [0.15, 0.2) is 0 Å². The molecule has 2 bridgehead atoms. The van der Waals surface area contributed by atoms with Gasteiger partial charge in [0.15, 0.2) is 0 Å². The van der Waals surface area contributed by atoms with Gasteiger partial charge in [0.25, 0.3) is 0 Å². The molecule has 168 valence electrons. The van der Waals surface area contributed by atoms with Crippen LogP contribution in [0.1, 0.15) is 45.4 Å². The minimum Gasteiger partial charge on any atom is -0.691 e. The van der Waals surface area contributed by atoms with Crippen molar-refractivity contribution >= 4 is 30.0 Å². The van der Waals surface area contributed by atoms with Crippen molar-refractivity contribution in [2.75, 3.05) is 0 Å². The van der Waals surface area contributed by atoms with Gasteiger partial charge in [-0.1, -0.05) is 6.92 Å². The van der Waals surface area contributed by atoms with Crippen LogP contribution in [0.4, 0.5) is 8.78 Å². The first-order chi connectivity index (χ1) is 14.2. The van der Waals surface area contributed by atoms with Crippen LogP contribution < -0.4 is 5.26 Å². The zero-order chi connectivity index (χ0) is 21.7. The zero-order valence-corrected chi connectivity index (χ0v) is 16.9. The standard InChI is InChI=1S/C18H22F2O9S/c1-2-17(5-3-4-6-17)27-15(22)11-9-7-8-10(11)14(21)25-12(8)13(9)26-16(23)18(19,20)30-29-28-24/h8-13,24H,2-7H2,1H3/p-1. The predicted octanol–water partition coefficient (Wildman–Crippen LogP) is 1.44. The van der Waals surface area contributed by atoms with Gasteiger partial charge in [0.2, 0.25) is 0 Å². The molecule has 1 aliphatic heterocycles. The molecule has 1 saturated heterocycles. The maximum absolute atomic E-state index is 13.8. The highest BCUT2D eigenvalue weighted by atomic mass is 32.2. The number of hydrogen-bond acceptors (Lipinski definition) is 10. The van der Waals surface area contributed by atoms with E-state index in [1.807, 2.05) is 6.92 Å². The lowest BCUT2D eigenvalue weighted by Crippen LogP contribution is -2.47. The molecule has 6 unspecified atom stereocenters. The predicted molar refractivity (Wildman–Crippen MR) is 90.6 cm³/mol. The van der Waals surface area contributed by atoms with E-state index in [1.54, 1.807) is 0 Å². The molecule has 0 aromatic carbocycles. The Morgan fingerprint density at radius 1 is 1.30 bits per heavy atom. The molecule has 0 amide bonds. The van der Waals surface area contributed by atoms with E-state index < -0.39 is 76.7 Å². The molecule has 3 saturated carbocycles. The smallest absolute Gasteiger partial charge is 0.415 e. The van der Waals surface area contributed by atoms with Gasteiger partial charge in [0.1, 0.15) is 29.9 Å². The van der Waals surface area contributed by atoms with Crippen molar-refractivity contribution in [3.63, 3.8) is 0 Å². The molecule has 4 aliphatic rings. The van der Waals surface area contributed by atoms with Crippen LogP contribution in [0.3, 0.4) is 0 Å². The molecule has 3 aliphatic carbocycles. The molecule has 6 atom stereocenters. The average molecular weight is 451 g/mol. The summed E-state index contributed by atoms with van der Waals surface area (Å²) in [6.45, 7) is 1.93. The highest BCUT2D eigenvalue weighted by Gasteiger charge is 2.71. The molecule has 12 heteroatoms. The fraction of sp³-hybridized carbons (Fsp3) is 0.833. The lowest BCUT2D eigenvalue weighted by molar-refractivity contribution is -0.777. The molecule has 0 aromatic heterocycles. The van der Waals surface area contributed by atoms with Gasteiger partial charge in [-0.25, -0.2) is 4.79 Å². The summed E-state index contributed by atoms with van der Waals surface area (Å²) in [4.78, 5) is 37.4. The largest absolute Gasteiger partial charge is 0.691 e. The van der Waals surface area contributed by atoms with Crippen LogP contribution >= 0.6 is 12.0 Å². The van der Waals surface area contributed by atoms with Gasteiger partial charge >= 0.3 is 23.2 Å². The highest BCUT2D eigenvalue weighted by molar-refractivity contribution is 7.96. The number of fused-ring (bicyclic) bond motifs is 1. The summed E-state index contributed by atoms with van der Waals surface area (Å²) in [6, 6.07) is 0. The van der Waals surface area contributed by atoms with Crippen molar-refractivity contribution in [2.24, 2.45) is 23.7 Å². The number of ether oxygens (including phenoxy) is 3. The second-order valence-corrected chi connectivity index (χ2v) is 9.10. The number of esters is 3. The summed E-state index contributed by atoms with van der Waals surface area (Å²) in [6.07, 6.45) is 2.22.